The maximum Gasteiger partial charge on any atom is 0.472 e. The number of aliphatic hydroxyl groups excluding tert-OH is 2. The Morgan fingerprint density at radius 3 is 2.09 bits per heavy atom. The molecule has 4 unspecified atom stereocenters. The van der Waals surface area contributed by atoms with E-state index in [9.17, 15) is 29.3 Å². The van der Waals surface area contributed by atoms with E-state index in [1.54, 1.807) is 30.3 Å². The summed E-state index contributed by atoms with van der Waals surface area (Å²) in [6, 6.07) is 18.0. The van der Waals surface area contributed by atoms with Gasteiger partial charge in [0.15, 0.2) is 23.6 Å². The zero-order valence-corrected chi connectivity index (χ0v) is 29.1. The SMILES string of the molecule is Nc1ncn([C@@H]2O[C@H](CO)C(OP(=O)(O)OC[C@H]3O[C@@H](n4cnc5c(=O)[nH]c(N)nc54)[C@@H](OCc4ccccc4)C3O)C2OCc2ccccc2)c(=O)n1. The van der Waals surface area contributed by atoms with Gasteiger partial charge in [-0.05, 0) is 11.1 Å². The number of nitrogen functional groups attached to an aromatic ring is 2. The van der Waals surface area contributed by atoms with Gasteiger partial charge in [0.2, 0.25) is 11.9 Å². The Labute approximate surface area is 304 Å². The Kier molecular flexibility index (Phi) is 10.9. The summed E-state index contributed by atoms with van der Waals surface area (Å²) in [5.41, 5.74) is 11.4. The van der Waals surface area contributed by atoms with Gasteiger partial charge in [0.25, 0.3) is 5.56 Å². The molecule has 2 aromatic carbocycles. The fraction of sp³-hybridized carbons (Fsp3) is 0.375. The molecule has 7 rings (SSSR count). The molecule has 8 N–H and O–H groups in total. The molecule has 2 fully saturated rings. The van der Waals surface area contributed by atoms with E-state index in [1.165, 1.54) is 10.9 Å². The lowest BCUT2D eigenvalue weighted by Crippen LogP contribution is -2.40. The number of H-pyrrole nitrogens is 1. The van der Waals surface area contributed by atoms with Gasteiger partial charge in [0, 0.05) is 0 Å². The molecular weight excluding hydrogens is 733 g/mol. The minimum absolute atomic E-state index is 0.0393. The summed E-state index contributed by atoms with van der Waals surface area (Å²) in [5, 5.41) is 21.7. The smallest absolute Gasteiger partial charge is 0.394 e. The van der Waals surface area contributed by atoms with Crippen molar-refractivity contribution in [3.05, 3.63) is 105 Å². The third-order valence-corrected chi connectivity index (χ3v) is 9.74. The van der Waals surface area contributed by atoms with Gasteiger partial charge < -0.3 is 45.5 Å². The topological polar surface area (TPSA) is 297 Å². The third kappa shape index (κ3) is 7.95. The molecule has 3 aromatic heterocycles. The van der Waals surface area contributed by atoms with Crippen LogP contribution in [0.4, 0.5) is 11.9 Å². The number of phosphoric ester groups is 1. The molecule has 54 heavy (non-hydrogen) atoms. The molecule has 0 aliphatic carbocycles. The standard InChI is InChI=1S/C32H36N9O12P/c33-30-36-16-41(32(45)39-30)29-25(49-13-18-9-5-2-6-10-18)23(19(11-42)51-29)53-54(46,47)50-14-20-22(43)24(48-12-17-7-3-1-4-8-17)28(52-20)40-15-35-21-26(40)37-31(34)38-27(21)44/h1-10,15-16,19-20,22-25,28-29,42-43H,11-14H2,(H,46,47)(H2,33,39,45)(H3,34,37,38,44)/t19-,20-,22?,23?,24+,25?,28-,29-/m1/s1. The van der Waals surface area contributed by atoms with E-state index in [2.05, 4.69) is 24.9 Å². The highest BCUT2D eigenvalue weighted by Crippen LogP contribution is 2.50. The quantitative estimate of drug-likeness (QED) is 0.0794. The Bertz CT molecular complexity index is 2230. The number of imidazole rings is 1. The molecule has 21 nitrogen and oxygen atoms in total. The predicted octanol–water partition coefficient (Wildman–Crippen LogP) is -0.243. The summed E-state index contributed by atoms with van der Waals surface area (Å²) >= 11 is 0. The van der Waals surface area contributed by atoms with Gasteiger partial charge in [0.1, 0.15) is 43.0 Å². The molecule has 2 saturated heterocycles. The van der Waals surface area contributed by atoms with Crippen LogP contribution >= 0.6 is 7.82 Å². The number of aromatic amines is 1. The van der Waals surface area contributed by atoms with Crippen LogP contribution in [0.1, 0.15) is 23.6 Å². The highest BCUT2D eigenvalue weighted by molar-refractivity contribution is 7.47. The number of benzene rings is 2. The summed E-state index contributed by atoms with van der Waals surface area (Å²) < 4.78 is 51.0. The van der Waals surface area contributed by atoms with Crippen molar-refractivity contribution >= 4 is 30.9 Å². The fourth-order valence-electron chi connectivity index (χ4n) is 6.19. The second-order valence-corrected chi connectivity index (χ2v) is 13.7. The van der Waals surface area contributed by atoms with Gasteiger partial charge in [-0.15, -0.1) is 0 Å². The molecule has 22 heteroatoms. The second kappa shape index (κ2) is 15.8. The molecule has 5 aromatic rings. The highest BCUT2D eigenvalue weighted by Gasteiger charge is 2.52. The lowest BCUT2D eigenvalue weighted by molar-refractivity contribution is -0.0815. The normalized spacial score (nSPS) is 26.6. The Balaban J connectivity index is 1.11. The number of hydrogen-bond acceptors (Lipinski definition) is 17. The van der Waals surface area contributed by atoms with E-state index >= 15 is 0 Å². The van der Waals surface area contributed by atoms with Crippen LogP contribution < -0.4 is 22.7 Å². The molecule has 0 spiro atoms. The van der Waals surface area contributed by atoms with Gasteiger partial charge in [-0.3, -0.25) is 28.0 Å². The van der Waals surface area contributed by atoms with Crippen molar-refractivity contribution in [1.29, 1.82) is 0 Å². The molecule has 0 bridgehead atoms. The maximum absolute atomic E-state index is 13.6. The van der Waals surface area contributed by atoms with Crippen molar-refractivity contribution in [3.8, 4) is 0 Å². The Morgan fingerprint density at radius 2 is 1.44 bits per heavy atom. The number of phosphoric acid groups is 1. The second-order valence-electron chi connectivity index (χ2n) is 12.3. The first-order valence-corrected chi connectivity index (χ1v) is 18.0. The van der Waals surface area contributed by atoms with Gasteiger partial charge in [-0.25, -0.2) is 19.3 Å². The molecule has 2 aliphatic rings. The minimum atomic E-state index is -5.09. The summed E-state index contributed by atoms with van der Waals surface area (Å²) in [6.45, 7) is -1.43. The van der Waals surface area contributed by atoms with Gasteiger partial charge in [0.05, 0.1) is 32.8 Å². The van der Waals surface area contributed by atoms with E-state index in [4.69, 9.17) is 39.5 Å². The number of anilines is 2. The largest absolute Gasteiger partial charge is 0.472 e. The van der Waals surface area contributed by atoms with Crippen LogP contribution in [0.25, 0.3) is 11.2 Å². The van der Waals surface area contributed by atoms with Crippen LogP contribution in [0, 0.1) is 0 Å². The van der Waals surface area contributed by atoms with Crippen molar-refractivity contribution < 1.29 is 47.7 Å². The van der Waals surface area contributed by atoms with Gasteiger partial charge >= 0.3 is 13.5 Å². The first kappa shape index (κ1) is 37.4. The van der Waals surface area contributed by atoms with Crippen LogP contribution in [-0.2, 0) is 45.8 Å². The number of hydrogen-bond donors (Lipinski definition) is 6. The van der Waals surface area contributed by atoms with Crippen molar-refractivity contribution in [2.75, 3.05) is 24.7 Å². The van der Waals surface area contributed by atoms with Crippen LogP contribution in [0.15, 0.2) is 82.9 Å². The molecule has 2 aliphatic heterocycles. The Hall–Kier alpha value is -4.93. The molecule has 0 saturated carbocycles. The number of rotatable bonds is 14. The van der Waals surface area contributed by atoms with Crippen molar-refractivity contribution in [3.63, 3.8) is 0 Å². The first-order chi connectivity index (χ1) is 26.0. The summed E-state index contributed by atoms with van der Waals surface area (Å²) in [5.74, 6) is -0.482. The zero-order valence-electron chi connectivity index (χ0n) is 28.2. The van der Waals surface area contributed by atoms with E-state index in [-0.39, 0.29) is 36.3 Å². The van der Waals surface area contributed by atoms with E-state index in [1.807, 2.05) is 30.3 Å². The molecule has 5 heterocycles. The van der Waals surface area contributed by atoms with E-state index < -0.39 is 81.4 Å². The Morgan fingerprint density at radius 1 is 0.833 bits per heavy atom. The van der Waals surface area contributed by atoms with Gasteiger partial charge in [-0.1, -0.05) is 60.7 Å². The number of aliphatic hydroxyl groups is 2. The molecule has 0 radical (unpaired) electrons. The molecule has 0 amide bonds. The monoisotopic (exact) mass is 769 g/mol. The van der Waals surface area contributed by atoms with Crippen LogP contribution in [0.3, 0.4) is 0 Å². The number of aromatic nitrogens is 7. The van der Waals surface area contributed by atoms with Crippen molar-refractivity contribution in [1.82, 2.24) is 34.1 Å². The first-order valence-electron chi connectivity index (χ1n) is 16.5. The summed E-state index contributed by atoms with van der Waals surface area (Å²) in [4.78, 5) is 54.4. The van der Waals surface area contributed by atoms with E-state index in [0.717, 1.165) is 16.5 Å². The predicted molar refractivity (Wildman–Crippen MR) is 185 cm³/mol. The lowest BCUT2D eigenvalue weighted by atomic mass is 10.1. The summed E-state index contributed by atoms with van der Waals surface area (Å²) in [7, 11) is -5.09. The summed E-state index contributed by atoms with van der Waals surface area (Å²) in [6.07, 6.45) is -8.11. The molecular formula is C32H36N9O12P. The molecule has 286 valence electrons. The number of nitrogens with one attached hydrogen (secondary N) is 1. The van der Waals surface area contributed by atoms with E-state index in [0.29, 0.717) is 5.56 Å². The number of nitrogens with zero attached hydrogens (tertiary/aromatic N) is 6. The number of fused-ring (bicyclic) bond motifs is 1. The minimum Gasteiger partial charge on any atom is -0.394 e. The average Bonchev–Trinajstić information content (AvgIpc) is 3.82. The van der Waals surface area contributed by atoms with Crippen LogP contribution in [-0.4, -0.2) is 99.0 Å². The zero-order chi connectivity index (χ0) is 38.0. The lowest BCUT2D eigenvalue weighted by Gasteiger charge is -2.26. The molecule has 9 atom stereocenters. The average molecular weight is 770 g/mol. The van der Waals surface area contributed by atoms with Crippen LogP contribution in [0.5, 0.6) is 0 Å². The number of ether oxygens (including phenoxy) is 4. The van der Waals surface area contributed by atoms with Crippen molar-refractivity contribution in [2.24, 2.45) is 0 Å². The van der Waals surface area contributed by atoms with Gasteiger partial charge in [-0.2, -0.15) is 9.97 Å². The van der Waals surface area contributed by atoms with Crippen LogP contribution in [0.2, 0.25) is 0 Å². The number of nitrogens with two attached hydrogens (primary N) is 2. The third-order valence-electron chi connectivity index (χ3n) is 8.75. The van der Waals surface area contributed by atoms with Crippen molar-refractivity contribution in [2.45, 2.75) is 62.3 Å². The highest BCUT2D eigenvalue weighted by atomic mass is 31.2. The maximum atomic E-state index is 13.6. The fourth-order valence-corrected chi connectivity index (χ4v) is 7.15.